The summed E-state index contributed by atoms with van der Waals surface area (Å²) < 4.78 is 4.72. The summed E-state index contributed by atoms with van der Waals surface area (Å²) in [6, 6.07) is 0. The Bertz CT molecular complexity index is 378. The molecular weight excluding hydrogens is 210 g/mol. The molecule has 1 saturated heterocycles. The topological polar surface area (TPSA) is 73.1 Å². The maximum absolute atomic E-state index is 11.3. The van der Waals surface area contributed by atoms with Gasteiger partial charge in [-0.3, -0.25) is 9.69 Å². The number of tetrazole rings is 1. The quantitative estimate of drug-likeness (QED) is 0.627. The highest BCUT2D eigenvalue weighted by molar-refractivity contribution is 5.72. The number of hydrogen-bond acceptors (Lipinski definition) is 6. The number of rotatable bonds is 3. The molecule has 0 bridgehead atoms. The third-order valence-corrected chi connectivity index (χ3v) is 2.72. The second-order valence-corrected chi connectivity index (χ2v) is 3.94. The Morgan fingerprint density at radius 1 is 1.62 bits per heavy atom. The SMILES string of the molecule is COC(=O)C1CCN(Cc2nnn(C)n2)C1. The van der Waals surface area contributed by atoms with Gasteiger partial charge in [0.1, 0.15) is 0 Å². The van der Waals surface area contributed by atoms with Crippen LogP contribution in [0, 0.1) is 5.92 Å². The number of aromatic nitrogens is 4. The summed E-state index contributed by atoms with van der Waals surface area (Å²) in [5.41, 5.74) is 0. The fourth-order valence-corrected chi connectivity index (χ4v) is 1.92. The lowest BCUT2D eigenvalue weighted by Gasteiger charge is -2.12. The normalized spacial score (nSPS) is 21.2. The number of carbonyl (C=O) groups excluding carboxylic acids is 1. The molecule has 0 amide bonds. The van der Waals surface area contributed by atoms with E-state index >= 15 is 0 Å². The number of nitrogens with zero attached hydrogens (tertiary/aromatic N) is 5. The van der Waals surface area contributed by atoms with Gasteiger partial charge < -0.3 is 4.74 Å². The summed E-state index contributed by atoms with van der Waals surface area (Å²) in [6.45, 7) is 2.23. The third kappa shape index (κ3) is 2.35. The van der Waals surface area contributed by atoms with E-state index in [2.05, 4.69) is 20.3 Å². The smallest absolute Gasteiger partial charge is 0.310 e. The number of aryl methyl sites for hydroxylation is 1. The molecule has 1 aromatic heterocycles. The van der Waals surface area contributed by atoms with Crippen molar-refractivity contribution in [2.24, 2.45) is 13.0 Å². The lowest BCUT2D eigenvalue weighted by molar-refractivity contribution is -0.144. The van der Waals surface area contributed by atoms with Gasteiger partial charge in [0, 0.05) is 6.54 Å². The van der Waals surface area contributed by atoms with Crippen LogP contribution in [0.1, 0.15) is 12.2 Å². The first-order valence-corrected chi connectivity index (χ1v) is 5.22. The van der Waals surface area contributed by atoms with E-state index in [-0.39, 0.29) is 11.9 Å². The maximum Gasteiger partial charge on any atom is 0.310 e. The monoisotopic (exact) mass is 225 g/mol. The van der Waals surface area contributed by atoms with Gasteiger partial charge in [0.15, 0.2) is 5.82 Å². The molecule has 2 rings (SSSR count). The average Bonchev–Trinajstić information content (AvgIpc) is 2.87. The first kappa shape index (κ1) is 11.0. The fourth-order valence-electron chi connectivity index (χ4n) is 1.92. The van der Waals surface area contributed by atoms with E-state index in [1.807, 2.05) is 0 Å². The number of methoxy groups -OCH3 is 1. The molecule has 7 heteroatoms. The van der Waals surface area contributed by atoms with Crippen molar-refractivity contribution in [2.45, 2.75) is 13.0 Å². The summed E-state index contributed by atoms with van der Waals surface area (Å²) in [6.07, 6.45) is 0.840. The van der Waals surface area contributed by atoms with Crippen LogP contribution in [0.25, 0.3) is 0 Å². The van der Waals surface area contributed by atoms with Gasteiger partial charge in [-0.1, -0.05) is 0 Å². The van der Waals surface area contributed by atoms with Crippen molar-refractivity contribution in [2.75, 3.05) is 20.2 Å². The van der Waals surface area contributed by atoms with Gasteiger partial charge in [0.05, 0.1) is 26.6 Å². The number of ether oxygens (including phenoxy) is 1. The van der Waals surface area contributed by atoms with E-state index in [0.29, 0.717) is 18.9 Å². The molecule has 0 aliphatic carbocycles. The second kappa shape index (κ2) is 4.56. The molecule has 1 aromatic rings. The Morgan fingerprint density at radius 2 is 2.44 bits per heavy atom. The van der Waals surface area contributed by atoms with Crippen molar-refractivity contribution < 1.29 is 9.53 Å². The van der Waals surface area contributed by atoms with Crippen LogP contribution in [0.3, 0.4) is 0 Å². The number of likely N-dealkylation sites (tertiary alicyclic amines) is 1. The Labute approximate surface area is 93.4 Å². The van der Waals surface area contributed by atoms with Crippen LogP contribution in [-0.4, -0.2) is 51.3 Å². The molecule has 0 spiro atoms. The van der Waals surface area contributed by atoms with Crippen LogP contribution in [0.5, 0.6) is 0 Å². The van der Waals surface area contributed by atoms with Crippen LogP contribution < -0.4 is 0 Å². The van der Waals surface area contributed by atoms with E-state index in [1.54, 1.807) is 7.05 Å². The predicted molar refractivity (Wildman–Crippen MR) is 54.2 cm³/mol. The summed E-state index contributed by atoms with van der Waals surface area (Å²) in [5, 5.41) is 11.8. The molecule has 1 aliphatic rings. The van der Waals surface area contributed by atoms with Crippen LogP contribution in [0.15, 0.2) is 0 Å². The van der Waals surface area contributed by atoms with Crippen LogP contribution >= 0.6 is 0 Å². The average molecular weight is 225 g/mol. The highest BCUT2D eigenvalue weighted by Gasteiger charge is 2.29. The first-order chi connectivity index (χ1) is 7.69. The van der Waals surface area contributed by atoms with Crippen molar-refractivity contribution in [3.63, 3.8) is 0 Å². The van der Waals surface area contributed by atoms with Crippen molar-refractivity contribution in [1.29, 1.82) is 0 Å². The van der Waals surface area contributed by atoms with Gasteiger partial charge >= 0.3 is 5.97 Å². The molecule has 0 aromatic carbocycles. The zero-order chi connectivity index (χ0) is 11.5. The van der Waals surface area contributed by atoms with E-state index < -0.39 is 0 Å². The highest BCUT2D eigenvalue weighted by Crippen LogP contribution is 2.18. The molecule has 2 heterocycles. The summed E-state index contributed by atoms with van der Waals surface area (Å²) in [4.78, 5) is 14.9. The highest BCUT2D eigenvalue weighted by atomic mass is 16.5. The lowest BCUT2D eigenvalue weighted by Crippen LogP contribution is -2.24. The summed E-state index contributed by atoms with van der Waals surface area (Å²) >= 11 is 0. The van der Waals surface area contributed by atoms with Gasteiger partial charge in [-0.15, -0.1) is 10.2 Å². The van der Waals surface area contributed by atoms with Crippen molar-refractivity contribution >= 4 is 5.97 Å². The Kier molecular flexibility index (Phi) is 3.14. The first-order valence-electron chi connectivity index (χ1n) is 5.22. The van der Waals surface area contributed by atoms with Gasteiger partial charge in [-0.2, -0.15) is 4.80 Å². The maximum atomic E-state index is 11.3. The van der Waals surface area contributed by atoms with Crippen molar-refractivity contribution in [3.8, 4) is 0 Å². The van der Waals surface area contributed by atoms with Crippen LogP contribution in [0.4, 0.5) is 0 Å². The molecule has 1 aliphatic heterocycles. The molecule has 0 radical (unpaired) electrons. The zero-order valence-corrected chi connectivity index (χ0v) is 9.46. The predicted octanol–water partition coefficient (Wildman–Crippen LogP) is -0.795. The van der Waals surface area contributed by atoms with E-state index in [9.17, 15) is 4.79 Å². The van der Waals surface area contributed by atoms with Crippen LogP contribution in [-0.2, 0) is 23.1 Å². The molecule has 88 valence electrons. The largest absolute Gasteiger partial charge is 0.469 e. The molecule has 1 unspecified atom stereocenters. The van der Waals surface area contributed by atoms with Crippen molar-refractivity contribution in [1.82, 2.24) is 25.1 Å². The van der Waals surface area contributed by atoms with Gasteiger partial charge in [0.2, 0.25) is 0 Å². The minimum absolute atomic E-state index is 0.0123. The Balaban J connectivity index is 1.87. The van der Waals surface area contributed by atoms with Gasteiger partial charge in [0.25, 0.3) is 0 Å². The van der Waals surface area contributed by atoms with E-state index in [0.717, 1.165) is 13.0 Å². The molecule has 7 nitrogen and oxygen atoms in total. The lowest BCUT2D eigenvalue weighted by atomic mass is 10.1. The molecule has 0 saturated carbocycles. The molecule has 16 heavy (non-hydrogen) atoms. The Hall–Kier alpha value is -1.50. The summed E-state index contributed by atoms with van der Waals surface area (Å²) in [7, 11) is 3.16. The number of hydrogen-bond donors (Lipinski definition) is 0. The standard InChI is InChI=1S/C9H15N5O2/c1-13-11-8(10-12-13)6-14-4-3-7(5-14)9(15)16-2/h7H,3-6H2,1-2H3. The number of esters is 1. The zero-order valence-electron chi connectivity index (χ0n) is 9.46. The number of carbonyl (C=O) groups is 1. The van der Waals surface area contributed by atoms with Crippen LogP contribution in [0.2, 0.25) is 0 Å². The third-order valence-electron chi connectivity index (χ3n) is 2.72. The van der Waals surface area contributed by atoms with E-state index in [4.69, 9.17) is 4.74 Å². The molecular formula is C9H15N5O2. The Morgan fingerprint density at radius 3 is 3.06 bits per heavy atom. The fraction of sp³-hybridized carbons (Fsp3) is 0.778. The minimum atomic E-state index is -0.130. The van der Waals surface area contributed by atoms with E-state index in [1.165, 1.54) is 11.9 Å². The van der Waals surface area contributed by atoms with Crippen molar-refractivity contribution in [3.05, 3.63) is 5.82 Å². The molecule has 0 N–H and O–H groups in total. The summed E-state index contributed by atoms with van der Waals surface area (Å²) in [5.74, 6) is 0.546. The molecule has 1 atom stereocenters. The van der Waals surface area contributed by atoms with Gasteiger partial charge in [-0.25, -0.2) is 0 Å². The molecule has 1 fully saturated rings. The van der Waals surface area contributed by atoms with Gasteiger partial charge in [-0.05, 0) is 18.2 Å². The minimum Gasteiger partial charge on any atom is -0.469 e. The second-order valence-electron chi connectivity index (χ2n) is 3.94.